The molecule has 2 aliphatic rings. The van der Waals surface area contributed by atoms with E-state index in [-0.39, 0.29) is 0 Å². The molecule has 2 unspecified atom stereocenters. The number of aryl methyl sites for hydroxylation is 1. The van der Waals surface area contributed by atoms with Crippen molar-refractivity contribution in [3.63, 3.8) is 0 Å². The molecule has 4 heteroatoms. The molecule has 15 heavy (non-hydrogen) atoms. The van der Waals surface area contributed by atoms with E-state index in [2.05, 4.69) is 9.98 Å². The quantitative estimate of drug-likeness (QED) is 0.722. The van der Waals surface area contributed by atoms with Gasteiger partial charge in [-0.3, -0.25) is 4.99 Å². The lowest BCUT2D eigenvalue weighted by atomic mass is 9.85. The molecule has 78 valence electrons. The van der Waals surface area contributed by atoms with Crippen LogP contribution in [-0.4, -0.2) is 27.8 Å². The smallest absolute Gasteiger partial charge is 0.328 e. The third-order valence-corrected chi connectivity index (χ3v) is 3.33. The van der Waals surface area contributed by atoms with Crippen LogP contribution in [0.4, 0.5) is 0 Å². The lowest BCUT2D eigenvalue weighted by Crippen LogP contribution is -2.20. The Bertz CT molecular complexity index is 447. The average Bonchev–Trinajstić information content (AvgIpc) is 2.82. The van der Waals surface area contributed by atoms with Gasteiger partial charge in [-0.25, -0.2) is 4.79 Å². The molecule has 0 fully saturated rings. The lowest BCUT2D eigenvalue weighted by molar-refractivity contribution is -0.138. The number of aromatic nitrogens is 1. The summed E-state index contributed by atoms with van der Waals surface area (Å²) in [5.74, 6) is -0.441. The summed E-state index contributed by atoms with van der Waals surface area (Å²) in [6.07, 6.45) is 4.62. The van der Waals surface area contributed by atoms with Crippen molar-refractivity contribution in [1.29, 1.82) is 0 Å². The van der Waals surface area contributed by atoms with Crippen LogP contribution in [-0.2, 0) is 11.2 Å². The van der Waals surface area contributed by atoms with Gasteiger partial charge in [-0.15, -0.1) is 0 Å². The molecule has 0 saturated carbocycles. The normalized spacial score (nSPS) is 28.1. The highest BCUT2D eigenvalue weighted by Crippen LogP contribution is 2.33. The fraction of sp³-hybridized carbons (Fsp3) is 0.455. The zero-order valence-corrected chi connectivity index (χ0v) is 8.23. The lowest BCUT2D eigenvalue weighted by Gasteiger charge is -2.18. The summed E-state index contributed by atoms with van der Waals surface area (Å²) in [6.45, 7) is 0. The van der Waals surface area contributed by atoms with Gasteiger partial charge in [0.2, 0.25) is 0 Å². The van der Waals surface area contributed by atoms with E-state index in [1.54, 1.807) is 0 Å². The van der Waals surface area contributed by atoms with E-state index in [0.717, 1.165) is 24.1 Å². The number of hydrogen-bond donors (Lipinski definition) is 2. The molecule has 1 aromatic rings. The molecule has 2 N–H and O–H groups in total. The third-order valence-electron chi connectivity index (χ3n) is 3.33. The number of carbonyl (C=O) groups is 1. The Morgan fingerprint density at radius 3 is 3.27 bits per heavy atom. The number of hydrogen-bond acceptors (Lipinski definition) is 2. The summed E-state index contributed by atoms with van der Waals surface area (Å²) in [5.41, 5.74) is 3.34. The number of carboxylic acid groups (broad SMARTS) is 1. The van der Waals surface area contributed by atoms with Gasteiger partial charge in [0.15, 0.2) is 0 Å². The van der Waals surface area contributed by atoms with Crippen molar-refractivity contribution in [3.8, 4) is 0 Å². The van der Waals surface area contributed by atoms with E-state index >= 15 is 0 Å². The Hall–Kier alpha value is -1.58. The first-order valence-corrected chi connectivity index (χ1v) is 5.23. The summed E-state index contributed by atoms with van der Waals surface area (Å²) < 4.78 is 0. The van der Waals surface area contributed by atoms with Crippen molar-refractivity contribution >= 4 is 11.7 Å². The van der Waals surface area contributed by atoms with Gasteiger partial charge in [0.05, 0.1) is 0 Å². The van der Waals surface area contributed by atoms with Gasteiger partial charge < -0.3 is 10.1 Å². The van der Waals surface area contributed by atoms with Crippen LogP contribution in [0, 0.1) is 5.92 Å². The number of carboxylic acids is 1. The van der Waals surface area contributed by atoms with Crippen molar-refractivity contribution in [2.24, 2.45) is 10.9 Å². The molecule has 0 bridgehead atoms. The zero-order chi connectivity index (χ0) is 10.4. The van der Waals surface area contributed by atoms with E-state index < -0.39 is 12.0 Å². The van der Waals surface area contributed by atoms with Crippen LogP contribution in [0.5, 0.6) is 0 Å². The van der Waals surface area contributed by atoms with Crippen molar-refractivity contribution < 1.29 is 9.90 Å². The summed E-state index contributed by atoms with van der Waals surface area (Å²) in [7, 11) is 0. The first-order chi connectivity index (χ1) is 7.25. The average molecular weight is 204 g/mol. The minimum Gasteiger partial charge on any atom is -0.480 e. The maximum Gasteiger partial charge on any atom is 0.328 e. The van der Waals surface area contributed by atoms with Gasteiger partial charge in [-0.05, 0) is 25.3 Å². The largest absolute Gasteiger partial charge is 0.480 e. The van der Waals surface area contributed by atoms with E-state index in [1.807, 2.05) is 12.3 Å². The molecular weight excluding hydrogens is 192 g/mol. The Labute approximate surface area is 87.0 Å². The molecule has 0 aromatic carbocycles. The first-order valence-electron chi connectivity index (χ1n) is 5.23. The van der Waals surface area contributed by atoms with E-state index in [9.17, 15) is 4.79 Å². The molecule has 3 rings (SSSR count). The number of nitrogens with one attached hydrogen (secondary N) is 1. The molecule has 1 aromatic heterocycles. The SMILES string of the molecule is O=C(O)C1CC2CCc3[nH]ccc3C2=N1. The van der Waals surface area contributed by atoms with Crippen LogP contribution < -0.4 is 0 Å². The van der Waals surface area contributed by atoms with E-state index in [0.29, 0.717) is 12.3 Å². The fourth-order valence-corrected chi connectivity index (χ4v) is 2.58. The van der Waals surface area contributed by atoms with Crippen molar-refractivity contribution in [2.45, 2.75) is 25.3 Å². The standard InChI is InChI=1S/C11H12N2O2/c14-11(15)9-5-6-1-2-8-7(3-4-12-8)10(6)13-9/h3-4,6,9,12H,1-2,5H2,(H,14,15). The fourth-order valence-electron chi connectivity index (χ4n) is 2.58. The minimum atomic E-state index is -0.797. The number of fused-ring (bicyclic) bond motifs is 3. The Kier molecular flexibility index (Phi) is 1.71. The van der Waals surface area contributed by atoms with E-state index in [4.69, 9.17) is 5.11 Å². The maximum absolute atomic E-state index is 10.9. The van der Waals surface area contributed by atoms with Gasteiger partial charge in [-0.1, -0.05) is 0 Å². The highest BCUT2D eigenvalue weighted by atomic mass is 16.4. The molecular formula is C11H12N2O2. The van der Waals surface area contributed by atoms with Crippen molar-refractivity contribution in [1.82, 2.24) is 4.98 Å². The maximum atomic E-state index is 10.9. The molecule has 0 amide bonds. The molecule has 2 heterocycles. The molecule has 1 aliphatic carbocycles. The van der Waals surface area contributed by atoms with Crippen molar-refractivity contribution in [3.05, 3.63) is 23.5 Å². The minimum absolute atomic E-state index is 0.356. The van der Waals surface area contributed by atoms with Gasteiger partial charge in [0.1, 0.15) is 6.04 Å². The highest BCUT2D eigenvalue weighted by Gasteiger charge is 2.36. The number of H-pyrrole nitrogens is 1. The van der Waals surface area contributed by atoms with Crippen LogP contribution in [0.3, 0.4) is 0 Å². The van der Waals surface area contributed by atoms with Gasteiger partial charge >= 0.3 is 5.97 Å². The Morgan fingerprint density at radius 2 is 2.47 bits per heavy atom. The molecule has 0 radical (unpaired) electrons. The molecule has 2 atom stereocenters. The van der Waals surface area contributed by atoms with Gasteiger partial charge in [0, 0.05) is 29.1 Å². The number of aromatic amines is 1. The number of aliphatic carboxylic acids is 1. The predicted octanol–water partition coefficient (Wildman–Crippen LogP) is 1.22. The number of aliphatic imine (C=N–C) groups is 1. The second-order valence-corrected chi connectivity index (χ2v) is 4.21. The summed E-state index contributed by atoms with van der Waals surface area (Å²) in [5, 5.41) is 8.94. The zero-order valence-electron chi connectivity index (χ0n) is 8.23. The second kappa shape index (κ2) is 2.95. The van der Waals surface area contributed by atoms with Crippen LogP contribution in [0.2, 0.25) is 0 Å². The molecule has 4 nitrogen and oxygen atoms in total. The topological polar surface area (TPSA) is 65.4 Å². The molecule has 0 saturated heterocycles. The monoisotopic (exact) mass is 204 g/mol. The van der Waals surface area contributed by atoms with Crippen LogP contribution in [0.15, 0.2) is 17.3 Å². The number of rotatable bonds is 1. The summed E-state index contributed by atoms with van der Waals surface area (Å²) in [6, 6.07) is 1.48. The van der Waals surface area contributed by atoms with Crippen LogP contribution >= 0.6 is 0 Å². The summed E-state index contributed by atoms with van der Waals surface area (Å²) >= 11 is 0. The predicted molar refractivity (Wildman–Crippen MR) is 55.2 cm³/mol. The van der Waals surface area contributed by atoms with Gasteiger partial charge in [-0.2, -0.15) is 0 Å². The second-order valence-electron chi connectivity index (χ2n) is 4.21. The van der Waals surface area contributed by atoms with Crippen LogP contribution in [0.25, 0.3) is 0 Å². The van der Waals surface area contributed by atoms with Crippen molar-refractivity contribution in [2.75, 3.05) is 0 Å². The highest BCUT2D eigenvalue weighted by molar-refractivity contribution is 6.06. The third kappa shape index (κ3) is 1.21. The summed E-state index contributed by atoms with van der Waals surface area (Å²) in [4.78, 5) is 18.4. The number of nitrogens with zero attached hydrogens (tertiary/aromatic N) is 1. The Morgan fingerprint density at radius 1 is 1.60 bits per heavy atom. The molecule has 0 spiro atoms. The Balaban J connectivity index is 2.02. The van der Waals surface area contributed by atoms with Gasteiger partial charge in [0.25, 0.3) is 0 Å². The van der Waals surface area contributed by atoms with E-state index in [1.165, 1.54) is 5.69 Å². The van der Waals surface area contributed by atoms with Crippen LogP contribution in [0.1, 0.15) is 24.1 Å². The molecule has 1 aliphatic heterocycles. The first kappa shape index (κ1) is 8.71.